The van der Waals surface area contributed by atoms with E-state index in [4.69, 9.17) is 21.1 Å². The number of alkyl halides is 3. The maximum atomic E-state index is 12.8. The van der Waals surface area contributed by atoms with E-state index in [2.05, 4.69) is 5.32 Å². The van der Waals surface area contributed by atoms with Crippen LogP contribution in [-0.4, -0.2) is 24.5 Å². The van der Waals surface area contributed by atoms with Crippen molar-refractivity contribution in [3.63, 3.8) is 0 Å². The lowest BCUT2D eigenvalue weighted by Gasteiger charge is -2.13. The molecule has 144 valence electrons. The van der Waals surface area contributed by atoms with Crippen molar-refractivity contribution in [1.29, 1.82) is 0 Å². The van der Waals surface area contributed by atoms with Gasteiger partial charge in [0.15, 0.2) is 18.1 Å². The standard InChI is InChI=1S/C16H12ClF3N2O5/c1-26-13-5-3-10(22(24)25)7-14(13)27-8-15(23)21-9-2-4-12(17)11(6-9)16(18,19)20/h2-7H,8H2,1H3,(H,21,23). The number of ether oxygens (including phenoxy) is 2. The van der Waals surface area contributed by atoms with E-state index in [0.29, 0.717) is 6.07 Å². The van der Waals surface area contributed by atoms with Gasteiger partial charge < -0.3 is 14.8 Å². The minimum absolute atomic E-state index is 0.0612. The number of methoxy groups -OCH3 is 1. The summed E-state index contributed by atoms with van der Waals surface area (Å²) in [7, 11) is 1.31. The molecule has 0 saturated heterocycles. The summed E-state index contributed by atoms with van der Waals surface area (Å²) in [5.41, 5.74) is -1.51. The number of rotatable bonds is 6. The normalized spacial score (nSPS) is 11.0. The van der Waals surface area contributed by atoms with Crippen LogP contribution in [0.1, 0.15) is 5.56 Å². The van der Waals surface area contributed by atoms with Gasteiger partial charge in [-0.25, -0.2) is 0 Å². The highest BCUT2D eigenvalue weighted by Gasteiger charge is 2.33. The Kier molecular flexibility index (Phi) is 6.11. The van der Waals surface area contributed by atoms with Crippen molar-refractivity contribution in [2.75, 3.05) is 19.0 Å². The first-order valence-corrected chi connectivity index (χ1v) is 7.61. The van der Waals surface area contributed by atoms with Gasteiger partial charge in [0.2, 0.25) is 0 Å². The molecule has 2 aromatic rings. The van der Waals surface area contributed by atoms with E-state index in [1.54, 1.807) is 0 Å². The molecule has 1 N–H and O–H groups in total. The predicted molar refractivity (Wildman–Crippen MR) is 90.2 cm³/mol. The van der Waals surface area contributed by atoms with Gasteiger partial charge in [-0.2, -0.15) is 13.2 Å². The second kappa shape index (κ2) is 8.12. The number of nitro groups is 1. The molecule has 7 nitrogen and oxygen atoms in total. The zero-order valence-corrected chi connectivity index (χ0v) is 14.4. The van der Waals surface area contributed by atoms with E-state index in [9.17, 15) is 28.1 Å². The van der Waals surface area contributed by atoms with E-state index >= 15 is 0 Å². The van der Waals surface area contributed by atoms with Crippen molar-refractivity contribution in [3.8, 4) is 11.5 Å². The number of nitro benzene ring substituents is 1. The molecule has 0 atom stereocenters. The third-order valence-electron chi connectivity index (χ3n) is 3.27. The van der Waals surface area contributed by atoms with Gasteiger partial charge in [-0.3, -0.25) is 14.9 Å². The minimum Gasteiger partial charge on any atom is -0.493 e. The molecule has 0 aliphatic rings. The summed E-state index contributed by atoms with van der Waals surface area (Å²) in [5.74, 6) is -0.688. The Hall–Kier alpha value is -3.01. The van der Waals surface area contributed by atoms with Crippen LogP contribution in [-0.2, 0) is 11.0 Å². The average molecular weight is 405 g/mol. The molecule has 0 saturated carbocycles. The lowest BCUT2D eigenvalue weighted by atomic mass is 10.2. The van der Waals surface area contributed by atoms with Gasteiger partial charge in [-0.05, 0) is 24.3 Å². The lowest BCUT2D eigenvalue weighted by molar-refractivity contribution is -0.385. The molecule has 0 aliphatic heterocycles. The first-order chi connectivity index (χ1) is 12.6. The van der Waals surface area contributed by atoms with Crippen LogP contribution in [0.2, 0.25) is 5.02 Å². The fourth-order valence-corrected chi connectivity index (χ4v) is 2.28. The van der Waals surface area contributed by atoms with Crippen LogP contribution < -0.4 is 14.8 Å². The number of hydrogen-bond acceptors (Lipinski definition) is 5. The third-order valence-corrected chi connectivity index (χ3v) is 3.60. The quantitative estimate of drug-likeness (QED) is 0.572. The Balaban J connectivity index is 2.09. The molecular formula is C16H12ClF3N2O5. The Morgan fingerprint density at radius 3 is 2.52 bits per heavy atom. The molecular weight excluding hydrogens is 393 g/mol. The number of halogens is 4. The maximum absolute atomic E-state index is 12.8. The van der Waals surface area contributed by atoms with Crippen molar-refractivity contribution in [3.05, 3.63) is 57.1 Å². The van der Waals surface area contributed by atoms with E-state index in [1.807, 2.05) is 0 Å². The summed E-state index contributed by atoms with van der Waals surface area (Å²) in [4.78, 5) is 22.1. The number of non-ortho nitro benzene ring substituents is 1. The van der Waals surface area contributed by atoms with E-state index < -0.39 is 34.2 Å². The fraction of sp³-hybridized carbons (Fsp3) is 0.188. The van der Waals surface area contributed by atoms with Crippen molar-refractivity contribution in [2.24, 2.45) is 0 Å². The summed E-state index contributed by atoms with van der Waals surface area (Å²) in [6.07, 6.45) is -4.68. The highest BCUT2D eigenvalue weighted by atomic mass is 35.5. The average Bonchev–Trinajstić information content (AvgIpc) is 2.60. The monoisotopic (exact) mass is 404 g/mol. The molecule has 0 aliphatic carbocycles. The summed E-state index contributed by atoms with van der Waals surface area (Å²) in [5, 5.41) is 12.5. The molecule has 11 heteroatoms. The van der Waals surface area contributed by atoms with Crippen LogP contribution in [0.5, 0.6) is 11.5 Å². The van der Waals surface area contributed by atoms with E-state index in [-0.39, 0.29) is 22.9 Å². The molecule has 1 amide bonds. The molecule has 2 aromatic carbocycles. The number of nitrogens with one attached hydrogen (secondary N) is 1. The van der Waals surface area contributed by atoms with Crippen LogP contribution in [0.3, 0.4) is 0 Å². The number of carbonyl (C=O) groups excluding carboxylic acids is 1. The SMILES string of the molecule is COc1ccc([N+](=O)[O-])cc1OCC(=O)Nc1ccc(Cl)c(C(F)(F)F)c1. The zero-order valence-electron chi connectivity index (χ0n) is 13.7. The fourth-order valence-electron chi connectivity index (χ4n) is 2.05. The van der Waals surface area contributed by atoms with Gasteiger partial charge in [0.1, 0.15) is 0 Å². The van der Waals surface area contributed by atoms with Crippen LogP contribution >= 0.6 is 11.6 Å². The zero-order chi connectivity index (χ0) is 20.2. The third kappa shape index (κ3) is 5.23. The van der Waals surface area contributed by atoms with Gasteiger partial charge >= 0.3 is 6.18 Å². The molecule has 0 aromatic heterocycles. The summed E-state index contributed by atoms with van der Waals surface area (Å²) < 4.78 is 48.7. The second-order valence-corrected chi connectivity index (χ2v) is 5.53. The Labute approximate surface area is 155 Å². The minimum atomic E-state index is -4.68. The largest absolute Gasteiger partial charge is 0.493 e. The number of nitrogens with zero attached hydrogens (tertiary/aromatic N) is 1. The second-order valence-electron chi connectivity index (χ2n) is 5.12. The number of anilines is 1. The van der Waals surface area contributed by atoms with Crippen molar-refractivity contribution in [1.82, 2.24) is 0 Å². The number of carbonyl (C=O) groups is 1. The molecule has 0 spiro atoms. The Bertz CT molecular complexity index is 874. The summed E-state index contributed by atoms with van der Waals surface area (Å²) in [6.45, 7) is -0.610. The lowest BCUT2D eigenvalue weighted by Crippen LogP contribution is -2.20. The predicted octanol–water partition coefficient (Wildman–Crippen LogP) is 4.29. The topological polar surface area (TPSA) is 90.7 Å². The van der Waals surface area contributed by atoms with Gasteiger partial charge in [0, 0.05) is 11.8 Å². The highest BCUT2D eigenvalue weighted by molar-refractivity contribution is 6.31. The number of amides is 1. The smallest absolute Gasteiger partial charge is 0.417 e. The van der Waals surface area contributed by atoms with Crippen LogP contribution in [0, 0.1) is 10.1 Å². The van der Waals surface area contributed by atoms with Crippen molar-refractivity contribution < 1.29 is 32.4 Å². The van der Waals surface area contributed by atoms with Gasteiger partial charge in [0.05, 0.1) is 28.7 Å². The van der Waals surface area contributed by atoms with E-state index in [1.165, 1.54) is 25.3 Å². The van der Waals surface area contributed by atoms with E-state index in [0.717, 1.165) is 12.1 Å². The number of hydrogen-bond donors (Lipinski definition) is 1. The Morgan fingerprint density at radius 1 is 1.22 bits per heavy atom. The molecule has 0 fully saturated rings. The molecule has 0 bridgehead atoms. The van der Waals surface area contributed by atoms with Gasteiger partial charge in [0.25, 0.3) is 11.6 Å². The Morgan fingerprint density at radius 2 is 1.93 bits per heavy atom. The number of benzene rings is 2. The summed E-state index contributed by atoms with van der Waals surface area (Å²) in [6, 6.07) is 6.44. The van der Waals surface area contributed by atoms with Gasteiger partial charge in [-0.1, -0.05) is 11.6 Å². The first kappa shape index (κ1) is 20.3. The molecule has 0 unspecified atom stereocenters. The molecule has 0 heterocycles. The molecule has 0 radical (unpaired) electrons. The first-order valence-electron chi connectivity index (χ1n) is 7.23. The van der Waals surface area contributed by atoms with Crippen molar-refractivity contribution >= 4 is 28.9 Å². The summed E-state index contributed by atoms with van der Waals surface area (Å²) >= 11 is 5.51. The van der Waals surface area contributed by atoms with Crippen LogP contribution in [0.25, 0.3) is 0 Å². The van der Waals surface area contributed by atoms with Crippen LogP contribution in [0.4, 0.5) is 24.5 Å². The van der Waals surface area contributed by atoms with Crippen molar-refractivity contribution in [2.45, 2.75) is 6.18 Å². The molecule has 27 heavy (non-hydrogen) atoms. The van der Waals surface area contributed by atoms with Crippen LogP contribution in [0.15, 0.2) is 36.4 Å². The molecule has 2 rings (SSSR count). The highest BCUT2D eigenvalue weighted by Crippen LogP contribution is 2.36. The maximum Gasteiger partial charge on any atom is 0.417 e. The van der Waals surface area contributed by atoms with Gasteiger partial charge in [-0.15, -0.1) is 0 Å².